The molecule has 19 heavy (non-hydrogen) atoms. The minimum atomic E-state index is -0.237. The highest BCUT2D eigenvalue weighted by atomic mass is 35.5. The van der Waals surface area contributed by atoms with Gasteiger partial charge in [0.25, 0.3) is 5.91 Å². The first kappa shape index (κ1) is 14.2. The van der Waals surface area contributed by atoms with Gasteiger partial charge in [-0.25, -0.2) is 0 Å². The smallest absolute Gasteiger partial charge is 0.252 e. The van der Waals surface area contributed by atoms with Crippen LogP contribution >= 0.6 is 11.6 Å². The summed E-state index contributed by atoms with van der Waals surface area (Å²) in [5.41, 5.74) is 0.796. The molecule has 2 rings (SSSR count). The Bertz CT molecular complexity index is 509. The van der Waals surface area contributed by atoms with Gasteiger partial charge in [0.15, 0.2) is 0 Å². The van der Waals surface area contributed by atoms with E-state index in [-0.39, 0.29) is 22.5 Å². The van der Waals surface area contributed by atoms with E-state index in [0.717, 1.165) is 0 Å². The number of phenolic OH excluding ortho intramolecular Hbond substituents is 1. The molecule has 0 bridgehead atoms. The van der Waals surface area contributed by atoms with E-state index >= 15 is 0 Å². The lowest BCUT2D eigenvalue weighted by molar-refractivity contribution is 0.0949. The van der Waals surface area contributed by atoms with E-state index in [4.69, 9.17) is 11.6 Å². The fraction of sp³-hybridized carbons (Fsp3) is 0.533. The van der Waals surface area contributed by atoms with Gasteiger partial charge in [0.2, 0.25) is 0 Å². The summed E-state index contributed by atoms with van der Waals surface area (Å²) < 4.78 is 0. The fourth-order valence-electron chi connectivity index (χ4n) is 2.82. The molecule has 0 spiro atoms. The fourth-order valence-corrected chi connectivity index (χ4v) is 3.02. The number of phenols is 1. The average molecular weight is 282 g/mol. The summed E-state index contributed by atoms with van der Waals surface area (Å²) in [5, 5.41) is 12.7. The molecule has 1 fully saturated rings. The van der Waals surface area contributed by atoms with Gasteiger partial charge in [0, 0.05) is 6.54 Å². The Kier molecular flexibility index (Phi) is 3.29. The standard InChI is InChI=1S/C15H20ClNO2/c1-14(2)12(15(14,3)4)8-17-13(19)10-7-9(18)5-6-11(10)16/h5-7,12,18H,8H2,1-4H3,(H,17,19). The molecule has 0 unspecified atom stereocenters. The van der Waals surface area contributed by atoms with Crippen LogP contribution in [0.4, 0.5) is 0 Å². The first-order chi connectivity index (χ1) is 8.68. The molecule has 0 aromatic heterocycles. The molecular formula is C15H20ClNO2. The van der Waals surface area contributed by atoms with Crippen LogP contribution in [0.2, 0.25) is 5.02 Å². The molecule has 0 radical (unpaired) electrons. The van der Waals surface area contributed by atoms with Crippen molar-refractivity contribution in [1.82, 2.24) is 5.32 Å². The normalized spacial score (nSPS) is 20.1. The molecule has 1 aromatic carbocycles. The molecule has 3 nitrogen and oxygen atoms in total. The van der Waals surface area contributed by atoms with Crippen LogP contribution in [-0.4, -0.2) is 17.6 Å². The number of aromatic hydroxyl groups is 1. The first-order valence-electron chi connectivity index (χ1n) is 6.44. The van der Waals surface area contributed by atoms with E-state index in [0.29, 0.717) is 23.0 Å². The van der Waals surface area contributed by atoms with Crippen LogP contribution < -0.4 is 5.32 Å². The van der Waals surface area contributed by atoms with Crippen molar-refractivity contribution in [2.75, 3.05) is 6.54 Å². The minimum Gasteiger partial charge on any atom is -0.508 e. The zero-order valence-corrected chi connectivity index (χ0v) is 12.5. The molecule has 1 aliphatic rings. The number of amides is 1. The van der Waals surface area contributed by atoms with Crippen molar-refractivity contribution in [1.29, 1.82) is 0 Å². The number of hydrogen-bond acceptors (Lipinski definition) is 2. The van der Waals surface area contributed by atoms with E-state index in [1.165, 1.54) is 18.2 Å². The molecular weight excluding hydrogens is 262 g/mol. The van der Waals surface area contributed by atoms with E-state index < -0.39 is 0 Å². The summed E-state index contributed by atoms with van der Waals surface area (Å²) in [6.07, 6.45) is 0. The zero-order valence-electron chi connectivity index (χ0n) is 11.7. The quantitative estimate of drug-likeness (QED) is 0.891. The highest BCUT2D eigenvalue weighted by Crippen LogP contribution is 2.67. The van der Waals surface area contributed by atoms with Crippen LogP contribution in [0.3, 0.4) is 0 Å². The molecule has 0 heterocycles. The van der Waals surface area contributed by atoms with Crippen molar-refractivity contribution in [3.05, 3.63) is 28.8 Å². The SMILES string of the molecule is CC1(C)C(CNC(=O)c2cc(O)ccc2Cl)C1(C)C. The summed E-state index contributed by atoms with van der Waals surface area (Å²) in [4.78, 5) is 12.1. The highest BCUT2D eigenvalue weighted by molar-refractivity contribution is 6.33. The van der Waals surface area contributed by atoms with Crippen LogP contribution in [-0.2, 0) is 0 Å². The van der Waals surface area contributed by atoms with Crippen molar-refractivity contribution in [2.24, 2.45) is 16.7 Å². The Labute approximate surface area is 119 Å². The van der Waals surface area contributed by atoms with Crippen LogP contribution in [0.25, 0.3) is 0 Å². The topological polar surface area (TPSA) is 49.3 Å². The second-order valence-electron chi connectivity index (χ2n) is 6.37. The van der Waals surface area contributed by atoms with Crippen molar-refractivity contribution < 1.29 is 9.90 Å². The number of benzene rings is 1. The molecule has 2 N–H and O–H groups in total. The predicted molar refractivity (Wildman–Crippen MR) is 76.5 cm³/mol. The molecule has 0 atom stereocenters. The molecule has 4 heteroatoms. The molecule has 1 aliphatic carbocycles. The van der Waals surface area contributed by atoms with Gasteiger partial charge < -0.3 is 10.4 Å². The molecule has 1 aromatic rings. The van der Waals surface area contributed by atoms with Gasteiger partial charge in [0.1, 0.15) is 5.75 Å². The maximum absolute atomic E-state index is 12.1. The summed E-state index contributed by atoms with van der Waals surface area (Å²) >= 11 is 5.96. The van der Waals surface area contributed by atoms with Crippen LogP contribution in [0.1, 0.15) is 38.1 Å². The monoisotopic (exact) mass is 281 g/mol. The van der Waals surface area contributed by atoms with E-state index in [9.17, 15) is 9.90 Å². The third-order valence-corrected chi connectivity index (χ3v) is 5.31. The molecule has 0 saturated heterocycles. The predicted octanol–water partition coefficient (Wildman–Crippen LogP) is 3.46. The third kappa shape index (κ3) is 2.32. The van der Waals surface area contributed by atoms with Crippen LogP contribution in [0.5, 0.6) is 5.75 Å². The van der Waals surface area contributed by atoms with Crippen molar-refractivity contribution in [3.63, 3.8) is 0 Å². The largest absolute Gasteiger partial charge is 0.508 e. The van der Waals surface area contributed by atoms with Crippen molar-refractivity contribution >= 4 is 17.5 Å². The van der Waals surface area contributed by atoms with Crippen LogP contribution in [0.15, 0.2) is 18.2 Å². The lowest BCUT2D eigenvalue weighted by atomic mass is 10.0. The molecule has 104 valence electrons. The van der Waals surface area contributed by atoms with Gasteiger partial charge in [0.05, 0.1) is 10.6 Å². The Morgan fingerprint density at radius 3 is 2.42 bits per heavy atom. The van der Waals surface area contributed by atoms with Crippen molar-refractivity contribution in [2.45, 2.75) is 27.7 Å². The lowest BCUT2D eigenvalue weighted by Gasteiger charge is -2.08. The van der Waals surface area contributed by atoms with Gasteiger partial charge in [-0.05, 0) is 34.9 Å². The number of halogens is 1. The van der Waals surface area contributed by atoms with E-state index in [2.05, 4.69) is 33.0 Å². The van der Waals surface area contributed by atoms with Gasteiger partial charge >= 0.3 is 0 Å². The minimum absolute atomic E-state index is 0.0432. The maximum Gasteiger partial charge on any atom is 0.252 e. The summed E-state index contributed by atoms with van der Waals surface area (Å²) in [6, 6.07) is 4.38. The Balaban J connectivity index is 2.02. The van der Waals surface area contributed by atoms with Gasteiger partial charge in [-0.15, -0.1) is 0 Å². The van der Waals surface area contributed by atoms with Gasteiger partial charge in [-0.3, -0.25) is 4.79 Å². The number of rotatable bonds is 3. The molecule has 1 amide bonds. The first-order valence-corrected chi connectivity index (χ1v) is 6.82. The Morgan fingerprint density at radius 2 is 1.89 bits per heavy atom. The van der Waals surface area contributed by atoms with Gasteiger partial charge in [-0.1, -0.05) is 39.3 Å². The summed E-state index contributed by atoms with van der Waals surface area (Å²) in [5.74, 6) is 0.265. The second-order valence-corrected chi connectivity index (χ2v) is 6.78. The third-order valence-electron chi connectivity index (χ3n) is 4.98. The van der Waals surface area contributed by atoms with Crippen LogP contribution in [0, 0.1) is 16.7 Å². The number of nitrogens with one attached hydrogen (secondary N) is 1. The highest BCUT2D eigenvalue weighted by Gasteiger charge is 2.64. The number of carbonyl (C=O) groups is 1. The lowest BCUT2D eigenvalue weighted by Crippen LogP contribution is -2.27. The van der Waals surface area contributed by atoms with Crippen molar-refractivity contribution in [3.8, 4) is 5.75 Å². The number of carbonyl (C=O) groups excluding carboxylic acids is 1. The summed E-state index contributed by atoms with van der Waals surface area (Å²) in [7, 11) is 0. The Morgan fingerprint density at radius 1 is 1.32 bits per heavy atom. The maximum atomic E-state index is 12.1. The Hall–Kier alpha value is -1.22. The average Bonchev–Trinajstić information content (AvgIpc) is 2.70. The van der Waals surface area contributed by atoms with E-state index in [1.54, 1.807) is 0 Å². The van der Waals surface area contributed by atoms with Gasteiger partial charge in [-0.2, -0.15) is 0 Å². The summed E-state index contributed by atoms with van der Waals surface area (Å²) in [6.45, 7) is 9.48. The second kappa shape index (κ2) is 4.41. The number of hydrogen-bond donors (Lipinski definition) is 2. The van der Waals surface area contributed by atoms with E-state index in [1.807, 2.05) is 0 Å². The molecule has 0 aliphatic heterocycles. The molecule has 1 saturated carbocycles. The zero-order chi connectivity index (χ0) is 14.4.